The first-order chi connectivity index (χ1) is 24.5. The van der Waals surface area contributed by atoms with Crippen molar-refractivity contribution in [1.82, 2.24) is 4.57 Å². The summed E-state index contributed by atoms with van der Waals surface area (Å²) in [5.74, 6) is 0. The number of anilines is 3. The second kappa shape index (κ2) is 10.6. The van der Waals surface area contributed by atoms with Gasteiger partial charge in [-0.2, -0.15) is 0 Å². The number of rotatable bonds is 4. The van der Waals surface area contributed by atoms with Crippen LogP contribution in [0.3, 0.4) is 0 Å². The van der Waals surface area contributed by atoms with E-state index in [1.54, 1.807) is 0 Å². The fourth-order valence-corrected chi connectivity index (χ4v) is 8.28. The predicted molar refractivity (Wildman–Crippen MR) is 207 cm³/mol. The Morgan fingerprint density at radius 3 is 2.10 bits per heavy atom. The SMILES string of the molecule is CC1(C)c2ccccc2-c2ccc(N(c3ccccc3)c3ccccc3-n3c4ccccc4c4cc5c(cc43)c(=O)oc3ccccc35)cc21. The molecule has 0 atom stereocenters. The quantitative estimate of drug-likeness (QED) is 0.141. The lowest BCUT2D eigenvalue weighted by molar-refractivity contribution is 0.570. The van der Waals surface area contributed by atoms with Crippen LogP contribution in [0.25, 0.3) is 60.4 Å². The maximum absolute atomic E-state index is 13.5. The van der Waals surface area contributed by atoms with Crippen molar-refractivity contribution in [2.75, 3.05) is 4.90 Å². The van der Waals surface area contributed by atoms with Gasteiger partial charge < -0.3 is 13.9 Å². The van der Waals surface area contributed by atoms with Gasteiger partial charge in [-0.05, 0) is 82.9 Å². The minimum absolute atomic E-state index is 0.136. The number of aromatic nitrogens is 1. The molecule has 7 aromatic carbocycles. The van der Waals surface area contributed by atoms with E-state index in [1.807, 2.05) is 30.3 Å². The lowest BCUT2D eigenvalue weighted by atomic mass is 9.82. The third-order valence-electron chi connectivity index (χ3n) is 10.6. The van der Waals surface area contributed by atoms with Gasteiger partial charge in [-0.25, -0.2) is 4.79 Å². The molecule has 4 nitrogen and oxygen atoms in total. The normalized spacial score (nSPS) is 13.2. The topological polar surface area (TPSA) is 38.4 Å². The van der Waals surface area contributed by atoms with Crippen LogP contribution in [0.15, 0.2) is 167 Å². The lowest BCUT2D eigenvalue weighted by Crippen LogP contribution is -2.17. The Balaban J connectivity index is 1.26. The van der Waals surface area contributed by atoms with E-state index in [-0.39, 0.29) is 11.0 Å². The van der Waals surface area contributed by atoms with Crippen molar-refractivity contribution < 1.29 is 4.42 Å². The highest BCUT2D eigenvalue weighted by Crippen LogP contribution is 2.51. The van der Waals surface area contributed by atoms with E-state index in [0.29, 0.717) is 11.0 Å². The van der Waals surface area contributed by atoms with Crippen molar-refractivity contribution in [3.63, 3.8) is 0 Å². The van der Waals surface area contributed by atoms with Crippen molar-refractivity contribution in [1.29, 1.82) is 0 Å². The summed E-state index contributed by atoms with van der Waals surface area (Å²) in [6, 6.07) is 55.3. The third-order valence-corrected chi connectivity index (χ3v) is 10.6. The number of hydrogen-bond donors (Lipinski definition) is 0. The fourth-order valence-electron chi connectivity index (χ4n) is 8.28. The van der Waals surface area contributed by atoms with Crippen molar-refractivity contribution in [2.45, 2.75) is 19.3 Å². The second-order valence-electron chi connectivity index (χ2n) is 13.7. The number of nitrogens with zero attached hydrogens (tertiary/aromatic N) is 2. The highest BCUT2D eigenvalue weighted by Gasteiger charge is 2.36. The number of fused-ring (bicyclic) bond motifs is 9. The van der Waals surface area contributed by atoms with E-state index in [2.05, 4.69) is 151 Å². The molecular formula is C46H32N2O2. The molecule has 50 heavy (non-hydrogen) atoms. The van der Waals surface area contributed by atoms with Crippen molar-refractivity contribution in [2.24, 2.45) is 0 Å². The van der Waals surface area contributed by atoms with E-state index in [9.17, 15) is 4.79 Å². The number of hydrogen-bond acceptors (Lipinski definition) is 3. The number of para-hydroxylation sites is 5. The summed E-state index contributed by atoms with van der Waals surface area (Å²) < 4.78 is 8.13. The summed E-state index contributed by atoms with van der Waals surface area (Å²) in [4.78, 5) is 15.8. The van der Waals surface area contributed by atoms with Crippen LogP contribution in [-0.4, -0.2) is 4.57 Å². The molecule has 2 aromatic heterocycles. The average molecular weight is 645 g/mol. The van der Waals surface area contributed by atoms with E-state index in [0.717, 1.165) is 55.3 Å². The van der Waals surface area contributed by atoms with Crippen LogP contribution in [0.2, 0.25) is 0 Å². The van der Waals surface area contributed by atoms with Gasteiger partial charge in [0.25, 0.3) is 0 Å². The highest BCUT2D eigenvalue weighted by molar-refractivity contribution is 6.17. The summed E-state index contributed by atoms with van der Waals surface area (Å²) in [5, 5.41) is 4.60. The Labute approximate surface area is 289 Å². The molecule has 10 rings (SSSR count). The maximum atomic E-state index is 13.5. The van der Waals surface area contributed by atoms with E-state index in [4.69, 9.17) is 4.42 Å². The molecule has 1 aliphatic rings. The summed E-state index contributed by atoms with van der Waals surface area (Å²) in [6.45, 7) is 4.65. The fraction of sp³-hybridized carbons (Fsp3) is 0.0652. The van der Waals surface area contributed by atoms with Gasteiger partial charge in [0, 0.05) is 38.3 Å². The molecule has 0 spiro atoms. The zero-order valence-electron chi connectivity index (χ0n) is 27.7. The molecule has 0 amide bonds. The first-order valence-electron chi connectivity index (χ1n) is 17.1. The lowest BCUT2D eigenvalue weighted by Gasteiger charge is -2.30. The zero-order chi connectivity index (χ0) is 33.6. The Morgan fingerprint density at radius 1 is 0.520 bits per heavy atom. The Bertz CT molecular complexity index is 2880. The molecule has 0 bridgehead atoms. The van der Waals surface area contributed by atoms with E-state index >= 15 is 0 Å². The largest absolute Gasteiger partial charge is 0.422 e. The van der Waals surface area contributed by atoms with Gasteiger partial charge in [-0.3, -0.25) is 0 Å². The van der Waals surface area contributed by atoms with Gasteiger partial charge in [0.05, 0.1) is 27.8 Å². The molecule has 0 aliphatic heterocycles. The van der Waals surface area contributed by atoms with Crippen LogP contribution in [-0.2, 0) is 5.41 Å². The zero-order valence-corrected chi connectivity index (χ0v) is 27.7. The monoisotopic (exact) mass is 644 g/mol. The van der Waals surface area contributed by atoms with Crippen LogP contribution in [0.5, 0.6) is 0 Å². The molecule has 0 fully saturated rings. The van der Waals surface area contributed by atoms with Crippen molar-refractivity contribution in [3.8, 4) is 16.8 Å². The molecule has 0 saturated heterocycles. The van der Waals surface area contributed by atoms with E-state index in [1.165, 1.54) is 22.3 Å². The Hall–Kier alpha value is -6.39. The van der Waals surface area contributed by atoms with Crippen molar-refractivity contribution >= 4 is 60.6 Å². The van der Waals surface area contributed by atoms with E-state index < -0.39 is 0 Å². The average Bonchev–Trinajstić information content (AvgIpc) is 3.60. The van der Waals surface area contributed by atoms with Gasteiger partial charge in [0.1, 0.15) is 5.58 Å². The maximum Gasteiger partial charge on any atom is 0.344 e. The third kappa shape index (κ3) is 4.02. The van der Waals surface area contributed by atoms with Gasteiger partial charge in [-0.15, -0.1) is 0 Å². The molecule has 2 heterocycles. The minimum atomic E-state index is -0.335. The molecule has 0 radical (unpaired) electrons. The number of benzene rings is 7. The summed E-state index contributed by atoms with van der Waals surface area (Å²) in [5.41, 5.74) is 11.6. The summed E-state index contributed by atoms with van der Waals surface area (Å²) >= 11 is 0. The molecule has 1 aliphatic carbocycles. The standard InChI is InChI=1S/C46H32N2O2/c1-46(2)38-19-9-6-16-31(38)32-25-24-30(26-39(32)46)47(29-14-4-3-5-15-29)41-21-11-12-22-42(41)48-40-20-10-7-17-33(40)36-27-35-34-18-8-13-23-44(34)50-45(49)37(35)28-43(36)48/h3-28H,1-2H3. The minimum Gasteiger partial charge on any atom is -0.422 e. The smallest absolute Gasteiger partial charge is 0.344 e. The molecule has 238 valence electrons. The molecule has 0 N–H and O–H groups in total. The van der Waals surface area contributed by atoms with Crippen LogP contribution < -0.4 is 10.5 Å². The first kappa shape index (κ1) is 28.6. The Morgan fingerprint density at radius 2 is 1.22 bits per heavy atom. The second-order valence-corrected chi connectivity index (χ2v) is 13.7. The van der Waals surface area contributed by atoms with Gasteiger partial charge in [0.15, 0.2) is 0 Å². The van der Waals surface area contributed by atoms with Crippen LogP contribution in [0, 0.1) is 0 Å². The molecule has 0 unspecified atom stereocenters. The molecule has 4 heteroatoms. The van der Waals surface area contributed by atoms with Gasteiger partial charge >= 0.3 is 5.63 Å². The van der Waals surface area contributed by atoms with Gasteiger partial charge in [0.2, 0.25) is 0 Å². The van der Waals surface area contributed by atoms with Crippen molar-refractivity contribution in [3.05, 3.63) is 179 Å². The van der Waals surface area contributed by atoms with Crippen LogP contribution >= 0.6 is 0 Å². The molecule has 9 aromatic rings. The summed E-state index contributed by atoms with van der Waals surface area (Å²) in [7, 11) is 0. The first-order valence-corrected chi connectivity index (χ1v) is 17.1. The van der Waals surface area contributed by atoms with Crippen LogP contribution in [0.4, 0.5) is 17.1 Å². The summed E-state index contributed by atoms with van der Waals surface area (Å²) in [6.07, 6.45) is 0. The molecular weight excluding hydrogens is 613 g/mol. The predicted octanol–water partition coefficient (Wildman–Crippen LogP) is 11.8. The highest BCUT2D eigenvalue weighted by atomic mass is 16.4. The van der Waals surface area contributed by atoms with Crippen LogP contribution in [0.1, 0.15) is 25.0 Å². The Kier molecular flexibility index (Phi) is 6.04. The van der Waals surface area contributed by atoms with Gasteiger partial charge in [-0.1, -0.05) is 111 Å². The molecule has 0 saturated carbocycles.